The molecule has 0 saturated heterocycles. The standard InChI is InChI=1S/C14H26N2O/c1-6-11-7-8-13(17-11)12(9-15)16(5)10-14(2,3)4/h7-8,12H,6,9-10,15H2,1-5H3. The molecule has 0 spiro atoms. The number of furan rings is 1. The number of hydrogen-bond acceptors (Lipinski definition) is 3. The predicted octanol–water partition coefficient (Wildman–Crippen LogP) is 2.82. The Morgan fingerprint density at radius 1 is 1.35 bits per heavy atom. The summed E-state index contributed by atoms with van der Waals surface area (Å²) in [5.41, 5.74) is 6.14. The number of likely N-dealkylation sites (N-methyl/N-ethyl adjacent to an activating group) is 1. The third-order valence-electron chi connectivity index (χ3n) is 2.84. The Bertz CT molecular complexity index is 338. The number of aryl methyl sites for hydroxylation is 1. The fourth-order valence-electron chi connectivity index (χ4n) is 2.14. The van der Waals surface area contributed by atoms with E-state index >= 15 is 0 Å². The van der Waals surface area contributed by atoms with Gasteiger partial charge < -0.3 is 10.2 Å². The molecule has 0 aliphatic heterocycles. The molecule has 3 nitrogen and oxygen atoms in total. The molecule has 0 amide bonds. The van der Waals surface area contributed by atoms with E-state index in [-0.39, 0.29) is 11.5 Å². The smallest absolute Gasteiger partial charge is 0.122 e. The molecule has 1 heterocycles. The molecule has 1 rings (SSSR count). The van der Waals surface area contributed by atoms with Crippen LogP contribution in [0, 0.1) is 5.41 Å². The first-order valence-corrected chi connectivity index (χ1v) is 6.36. The van der Waals surface area contributed by atoms with Crippen LogP contribution in [0.25, 0.3) is 0 Å². The van der Waals surface area contributed by atoms with E-state index in [9.17, 15) is 0 Å². The third-order valence-corrected chi connectivity index (χ3v) is 2.84. The fraction of sp³-hybridized carbons (Fsp3) is 0.714. The summed E-state index contributed by atoms with van der Waals surface area (Å²) < 4.78 is 5.80. The average Bonchev–Trinajstić information content (AvgIpc) is 2.64. The molecule has 1 aromatic heterocycles. The van der Waals surface area contributed by atoms with Crippen LogP contribution >= 0.6 is 0 Å². The molecule has 1 aromatic rings. The molecule has 98 valence electrons. The number of rotatable bonds is 5. The highest BCUT2D eigenvalue weighted by Gasteiger charge is 2.23. The van der Waals surface area contributed by atoms with Gasteiger partial charge in [0.1, 0.15) is 11.5 Å². The van der Waals surface area contributed by atoms with E-state index in [4.69, 9.17) is 10.2 Å². The Labute approximate surface area is 105 Å². The minimum atomic E-state index is 0.175. The summed E-state index contributed by atoms with van der Waals surface area (Å²) >= 11 is 0. The molecular weight excluding hydrogens is 212 g/mol. The first kappa shape index (κ1) is 14.3. The molecule has 1 unspecified atom stereocenters. The maximum Gasteiger partial charge on any atom is 0.122 e. The SMILES string of the molecule is CCc1ccc(C(CN)N(C)CC(C)(C)C)o1. The van der Waals surface area contributed by atoms with E-state index in [0.717, 1.165) is 24.5 Å². The van der Waals surface area contributed by atoms with Gasteiger partial charge in [-0.3, -0.25) is 4.90 Å². The second-order valence-electron chi connectivity index (χ2n) is 5.88. The van der Waals surface area contributed by atoms with Gasteiger partial charge in [0.05, 0.1) is 6.04 Å². The molecule has 0 aliphatic carbocycles. The molecular formula is C14H26N2O. The molecule has 0 radical (unpaired) electrons. The Kier molecular flexibility index (Phi) is 4.78. The van der Waals surface area contributed by atoms with Gasteiger partial charge >= 0.3 is 0 Å². The van der Waals surface area contributed by atoms with Gasteiger partial charge in [-0.1, -0.05) is 27.7 Å². The molecule has 0 aliphatic rings. The van der Waals surface area contributed by atoms with Gasteiger partial charge in [-0.25, -0.2) is 0 Å². The molecule has 3 heteroatoms. The molecule has 0 aromatic carbocycles. The van der Waals surface area contributed by atoms with Crippen LogP contribution in [-0.2, 0) is 6.42 Å². The van der Waals surface area contributed by atoms with Gasteiger partial charge in [0.15, 0.2) is 0 Å². The lowest BCUT2D eigenvalue weighted by atomic mass is 9.95. The Morgan fingerprint density at radius 2 is 2.00 bits per heavy atom. The van der Waals surface area contributed by atoms with Crippen molar-refractivity contribution < 1.29 is 4.42 Å². The van der Waals surface area contributed by atoms with Gasteiger partial charge in [0.25, 0.3) is 0 Å². The molecule has 2 N–H and O–H groups in total. The number of nitrogens with two attached hydrogens (primary N) is 1. The minimum Gasteiger partial charge on any atom is -0.464 e. The van der Waals surface area contributed by atoms with Crippen LogP contribution in [0.2, 0.25) is 0 Å². The minimum absolute atomic E-state index is 0.175. The van der Waals surface area contributed by atoms with Crippen molar-refractivity contribution in [1.82, 2.24) is 4.90 Å². The Balaban J connectivity index is 2.76. The summed E-state index contributed by atoms with van der Waals surface area (Å²) in [6, 6.07) is 4.27. The van der Waals surface area contributed by atoms with Crippen molar-refractivity contribution in [2.45, 2.75) is 40.2 Å². The summed E-state index contributed by atoms with van der Waals surface area (Å²) in [6.45, 7) is 10.4. The Hall–Kier alpha value is -0.800. The lowest BCUT2D eigenvalue weighted by Gasteiger charge is -2.31. The van der Waals surface area contributed by atoms with Gasteiger partial charge in [-0.05, 0) is 24.6 Å². The van der Waals surface area contributed by atoms with Crippen LogP contribution in [0.5, 0.6) is 0 Å². The second kappa shape index (κ2) is 5.69. The van der Waals surface area contributed by atoms with Crippen LogP contribution in [0.15, 0.2) is 16.5 Å². The largest absolute Gasteiger partial charge is 0.464 e. The maximum absolute atomic E-state index is 5.87. The van der Waals surface area contributed by atoms with Crippen LogP contribution in [0.3, 0.4) is 0 Å². The quantitative estimate of drug-likeness (QED) is 0.857. The van der Waals surface area contributed by atoms with E-state index < -0.39 is 0 Å². The molecule has 1 atom stereocenters. The molecule has 17 heavy (non-hydrogen) atoms. The summed E-state index contributed by atoms with van der Waals surface area (Å²) in [5.74, 6) is 2.01. The fourth-order valence-corrected chi connectivity index (χ4v) is 2.14. The van der Waals surface area contributed by atoms with E-state index in [1.165, 1.54) is 0 Å². The van der Waals surface area contributed by atoms with Crippen LogP contribution < -0.4 is 5.73 Å². The monoisotopic (exact) mass is 238 g/mol. The zero-order chi connectivity index (χ0) is 13.1. The Morgan fingerprint density at radius 3 is 2.41 bits per heavy atom. The summed E-state index contributed by atoms with van der Waals surface area (Å²) in [5, 5.41) is 0. The lowest BCUT2D eigenvalue weighted by Crippen LogP contribution is -2.36. The highest BCUT2D eigenvalue weighted by molar-refractivity contribution is 5.11. The van der Waals surface area contributed by atoms with Gasteiger partial charge in [-0.2, -0.15) is 0 Å². The van der Waals surface area contributed by atoms with Gasteiger partial charge in [-0.15, -0.1) is 0 Å². The lowest BCUT2D eigenvalue weighted by molar-refractivity contribution is 0.158. The summed E-state index contributed by atoms with van der Waals surface area (Å²) in [6.07, 6.45) is 0.931. The first-order valence-electron chi connectivity index (χ1n) is 6.36. The van der Waals surface area contributed by atoms with E-state index in [2.05, 4.69) is 45.7 Å². The third kappa shape index (κ3) is 4.17. The van der Waals surface area contributed by atoms with Crippen molar-refractivity contribution in [3.8, 4) is 0 Å². The number of nitrogens with zero attached hydrogens (tertiary/aromatic N) is 1. The summed E-state index contributed by atoms with van der Waals surface area (Å²) in [4.78, 5) is 2.28. The second-order valence-corrected chi connectivity index (χ2v) is 5.88. The van der Waals surface area contributed by atoms with Crippen molar-refractivity contribution in [3.05, 3.63) is 23.7 Å². The van der Waals surface area contributed by atoms with Crippen molar-refractivity contribution >= 4 is 0 Å². The van der Waals surface area contributed by atoms with E-state index in [1.54, 1.807) is 0 Å². The number of hydrogen-bond donors (Lipinski definition) is 1. The van der Waals surface area contributed by atoms with Crippen molar-refractivity contribution in [1.29, 1.82) is 0 Å². The highest BCUT2D eigenvalue weighted by atomic mass is 16.3. The molecule has 0 fully saturated rings. The zero-order valence-corrected chi connectivity index (χ0v) is 11.8. The van der Waals surface area contributed by atoms with E-state index in [0.29, 0.717) is 6.54 Å². The average molecular weight is 238 g/mol. The normalized spacial score (nSPS) is 14.3. The van der Waals surface area contributed by atoms with Gasteiger partial charge in [0.2, 0.25) is 0 Å². The van der Waals surface area contributed by atoms with Crippen LogP contribution in [0.1, 0.15) is 45.3 Å². The highest BCUT2D eigenvalue weighted by Crippen LogP contribution is 2.25. The predicted molar refractivity (Wildman–Crippen MR) is 72.0 cm³/mol. The first-order chi connectivity index (χ1) is 7.87. The molecule has 0 saturated carbocycles. The summed E-state index contributed by atoms with van der Waals surface area (Å²) in [7, 11) is 2.11. The zero-order valence-electron chi connectivity index (χ0n) is 11.8. The van der Waals surface area contributed by atoms with Gasteiger partial charge in [0, 0.05) is 19.5 Å². The molecule has 0 bridgehead atoms. The van der Waals surface area contributed by atoms with E-state index in [1.807, 2.05) is 6.07 Å². The van der Waals surface area contributed by atoms with Crippen molar-refractivity contribution in [3.63, 3.8) is 0 Å². The van der Waals surface area contributed by atoms with Crippen molar-refractivity contribution in [2.24, 2.45) is 11.1 Å². The maximum atomic E-state index is 5.87. The topological polar surface area (TPSA) is 42.4 Å². The van der Waals surface area contributed by atoms with Crippen molar-refractivity contribution in [2.75, 3.05) is 20.1 Å². The van der Waals surface area contributed by atoms with Crippen LogP contribution in [0.4, 0.5) is 0 Å². The van der Waals surface area contributed by atoms with Crippen LogP contribution in [-0.4, -0.2) is 25.0 Å².